The summed E-state index contributed by atoms with van der Waals surface area (Å²) in [5.74, 6) is 0. The molecule has 0 saturated carbocycles. The van der Waals surface area contributed by atoms with Gasteiger partial charge in [-0.3, -0.25) is 10.2 Å². The maximum Gasteiger partial charge on any atom is 0.202 e. The van der Waals surface area contributed by atoms with Gasteiger partial charge in [0.15, 0.2) is 0 Å². The average Bonchev–Trinajstić information content (AvgIpc) is 2.73. The van der Waals surface area contributed by atoms with E-state index in [2.05, 4.69) is 62.2 Å². The van der Waals surface area contributed by atoms with Crippen molar-refractivity contribution in [2.75, 3.05) is 41.8 Å². The van der Waals surface area contributed by atoms with Gasteiger partial charge in [-0.2, -0.15) is 0 Å². The first-order valence-corrected chi connectivity index (χ1v) is 8.39. The van der Waals surface area contributed by atoms with Crippen LogP contribution in [0.2, 0.25) is 0 Å². The summed E-state index contributed by atoms with van der Waals surface area (Å²) < 4.78 is 0. The Hall–Kier alpha value is 0.830. The molecule has 0 amide bonds. The minimum Gasteiger partial charge on any atom is -1.00 e. The highest BCUT2D eigenvalue weighted by molar-refractivity contribution is 8.77. The van der Waals surface area contributed by atoms with E-state index in [9.17, 15) is 0 Å². The summed E-state index contributed by atoms with van der Waals surface area (Å²) >= 11 is 0. The van der Waals surface area contributed by atoms with Crippen LogP contribution in [0.5, 0.6) is 0 Å². The molecule has 1 aliphatic heterocycles. The fourth-order valence-electron chi connectivity index (χ4n) is 1.68. The van der Waals surface area contributed by atoms with Crippen LogP contribution in [0.3, 0.4) is 0 Å². The van der Waals surface area contributed by atoms with Crippen molar-refractivity contribution < 1.29 is 17.7 Å². The predicted molar refractivity (Wildman–Crippen MR) is 78.8 cm³/mol. The Morgan fingerprint density at radius 3 is 2.06 bits per heavy atom. The zero-order valence-electron chi connectivity index (χ0n) is 12.3. The number of nitrogens with two attached hydrogens (primary N) is 1. The zero-order chi connectivity index (χ0) is 13.0. The van der Waals surface area contributed by atoms with Gasteiger partial charge in [-0.15, -0.1) is 0 Å². The van der Waals surface area contributed by atoms with Gasteiger partial charge in [0.05, 0.1) is 0 Å². The van der Waals surface area contributed by atoms with Crippen LogP contribution in [0.1, 0.15) is 13.3 Å². The van der Waals surface area contributed by atoms with Crippen molar-refractivity contribution in [3.05, 3.63) is 0 Å². The van der Waals surface area contributed by atoms with E-state index >= 15 is 0 Å². The van der Waals surface area contributed by atoms with Crippen molar-refractivity contribution >= 4 is 21.6 Å². The molecule has 0 aromatic heterocycles. The van der Waals surface area contributed by atoms with Gasteiger partial charge in [0.2, 0.25) is 11.0 Å². The van der Waals surface area contributed by atoms with Gasteiger partial charge < -0.3 is 17.3 Å². The number of hydrogen-bond donors (Lipinski definition) is 1. The van der Waals surface area contributed by atoms with Crippen LogP contribution >= 0.6 is 21.6 Å². The van der Waals surface area contributed by atoms with Gasteiger partial charge in [-0.1, -0.05) is 0 Å². The molecule has 2 N–H and O–H groups in total. The minimum atomic E-state index is 0. The summed E-state index contributed by atoms with van der Waals surface area (Å²) in [5.41, 5.74) is 1.10. The summed E-state index contributed by atoms with van der Waals surface area (Å²) in [6.07, 6.45) is 1.23. The van der Waals surface area contributed by atoms with E-state index in [1.54, 1.807) is 0 Å². The van der Waals surface area contributed by atoms with Crippen molar-refractivity contribution in [3.8, 4) is 0 Å². The maximum atomic E-state index is 2.49. The van der Waals surface area contributed by atoms with E-state index in [0.717, 1.165) is 6.54 Å². The van der Waals surface area contributed by atoms with Crippen molar-refractivity contribution in [1.82, 2.24) is 14.7 Å². The van der Waals surface area contributed by atoms with Gasteiger partial charge >= 0.3 is 0 Å². The molecule has 1 heterocycles. The predicted octanol–water partition coefficient (Wildman–Crippen LogP) is -2.65. The monoisotopic (exact) mass is 314 g/mol. The van der Waals surface area contributed by atoms with Crippen LogP contribution in [-0.2, 0) is 0 Å². The topological polar surface area (TPSA) is 26.3 Å². The fourth-order valence-corrected chi connectivity index (χ4v) is 4.94. The van der Waals surface area contributed by atoms with Crippen molar-refractivity contribution in [1.29, 1.82) is 0 Å². The second-order valence-electron chi connectivity index (χ2n) is 5.24. The number of nitrogens with zero attached hydrogens (tertiary/aromatic N) is 3. The summed E-state index contributed by atoms with van der Waals surface area (Å²) in [7, 11) is 14.8. The first-order valence-electron chi connectivity index (χ1n) is 6.12. The van der Waals surface area contributed by atoms with Gasteiger partial charge in [0.1, 0.15) is 0 Å². The second-order valence-corrected chi connectivity index (χ2v) is 7.74. The number of rotatable bonds is 6. The number of hydrogen-bond acceptors (Lipinski definition) is 5. The van der Waals surface area contributed by atoms with Crippen LogP contribution in [0.4, 0.5) is 0 Å². The lowest BCUT2D eigenvalue weighted by molar-refractivity contribution is -0.709. The van der Waals surface area contributed by atoms with Crippen LogP contribution in [0.15, 0.2) is 0 Å². The summed E-state index contributed by atoms with van der Waals surface area (Å²) in [4.78, 5) is 7.02. The van der Waals surface area contributed by atoms with Gasteiger partial charge in [-0.25, -0.2) is 4.90 Å². The molecule has 0 aliphatic carbocycles. The van der Waals surface area contributed by atoms with Crippen molar-refractivity contribution in [2.24, 2.45) is 0 Å². The molecule has 3 unspecified atom stereocenters. The normalized spacial score (nSPS) is 25.8. The highest BCUT2D eigenvalue weighted by atomic mass is 35.5. The third kappa shape index (κ3) is 5.86. The highest BCUT2D eigenvalue weighted by Crippen LogP contribution is 2.33. The molecule has 0 aromatic rings. The molecule has 110 valence electrons. The molecule has 0 aromatic carbocycles. The molecule has 1 aliphatic rings. The molecule has 18 heavy (non-hydrogen) atoms. The summed E-state index contributed by atoms with van der Waals surface area (Å²) in [6, 6.07) is 0.632. The lowest BCUT2D eigenvalue weighted by Gasteiger charge is -2.28. The quantitative estimate of drug-likeness (QED) is 0.541. The van der Waals surface area contributed by atoms with Crippen molar-refractivity contribution in [3.63, 3.8) is 0 Å². The lowest BCUT2D eigenvalue weighted by Crippen LogP contribution is -3.00. The first-order chi connectivity index (χ1) is 7.91. The van der Waals surface area contributed by atoms with Gasteiger partial charge in [0.25, 0.3) is 0 Å². The Balaban J connectivity index is 0.00000289. The summed E-state index contributed by atoms with van der Waals surface area (Å²) in [6.45, 7) is 3.48. The van der Waals surface area contributed by atoms with Gasteiger partial charge in [-0.05, 0) is 76.7 Å². The summed E-state index contributed by atoms with van der Waals surface area (Å²) in [5, 5.41) is 2.45. The third-order valence-electron chi connectivity index (χ3n) is 3.18. The van der Waals surface area contributed by atoms with Crippen LogP contribution in [-0.4, -0.2) is 73.5 Å². The first kappa shape index (κ1) is 18.8. The zero-order valence-corrected chi connectivity index (χ0v) is 14.6. The molecule has 7 heteroatoms. The van der Waals surface area contributed by atoms with Crippen LogP contribution < -0.4 is 17.7 Å². The molecule has 1 saturated heterocycles. The molecule has 4 nitrogen and oxygen atoms in total. The molecule has 0 bridgehead atoms. The highest BCUT2D eigenvalue weighted by Gasteiger charge is 2.35. The minimum absolute atomic E-state index is 0. The second kappa shape index (κ2) is 8.89. The molecular weight excluding hydrogens is 288 g/mol. The van der Waals surface area contributed by atoms with E-state index in [0.29, 0.717) is 17.0 Å². The molecule has 0 spiro atoms. The van der Waals surface area contributed by atoms with Gasteiger partial charge in [0, 0.05) is 6.04 Å². The number of quaternary nitrogens is 1. The SMILES string of the molecule is CC(CCN(C)C)N(C)C1[NH2+]C(N(C)C)SS1.[Cl-]. The Morgan fingerprint density at radius 1 is 1.06 bits per heavy atom. The Labute approximate surface area is 126 Å². The molecule has 1 fully saturated rings. The molecular formula is C11H27ClN4S2. The van der Waals surface area contributed by atoms with E-state index in [-0.39, 0.29) is 12.4 Å². The van der Waals surface area contributed by atoms with Crippen LogP contribution in [0, 0.1) is 0 Å². The van der Waals surface area contributed by atoms with E-state index < -0.39 is 0 Å². The Bertz CT molecular complexity index is 231. The fraction of sp³-hybridized carbons (Fsp3) is 1.00. The van der Waals surface area contributed by atoms with E-state index in [1.807, 2.05) is 21.6 Å². The molecule has 1 rings (SSSR count). The third-order valence-corrected chi connectivity index (χ3v) is 6.27. The Kier molecular flexibility index (Phi) is 9.30. The smallest absolute Gasteiger partial charge is 0.202 e. The van der Waals surface area contributed by atoms with Crippen LogP contribution in [0.25, 0.3) is 0 Å². The molecule has 0 radical (unpaired) electrons. The largest absolute Gasteiger partial charge is 1.00 e. The van der Waals surface area contributed by atoms with Crippen molar-refractivity contribution in [2.45, 2.75) is 30.4 Å². The molecule has 3 atom stereocenters. The lowest BCUT2D eigenvalue weighted by atomic mass is 10.2. The van der Waals surface area contributed by atoms with E-state index in [1.165, 1.54) is 6.42 Å². The van der Waals surface area contributed by atoms with E-state index in [4.69, 9.17) is 0 Å². The Morgan fingerprint density at radius 2 is 1.61 bits per heavy atom. The maximum absolute atomic E-state index is 2.49. The average molecular weight is 315 g/mol. The standard InChI is InChI=1S/C11H26N4S2.ClH/c1-9(7-8-13(2)3)15(6)11-12-10(14(4)5)16-17-11;/h9-12H,7-8H2,1-6H3;1H. The number of halogens is 1.